The minimum Gasteiger partial charge on any atom is -0.497 e. The fourth-order valence-electron chi connectivity index (χ4n) is 1.03. The van der Waals surface area contributed by atoms with Crippen molar-refractivity contribution in [1.29, 1.82) is 0 Å². The average Bonchev–Trinajstić information content (AvgIpc) is 2.18. The van der Waals surface area contributed by atoms with Gasteiger partial charge in [0.1, 0.15) is 5.75 Å². The molecule has 0 N–H and O–H groups in total. The first-order chi connectivity index (χ1) is 6.72. The van der Waals surface area contributed by atoms with Crippen LogP contribution in [-0.4, -0.2) is 21.1 Å². The van der Waals surface area contributed by atoms with Crippen molar-refractivity contribution in [3.8, 4) is 17.2 Å². The quantitative estimate of drug-likeness (QED) is 0.800. The molecule has 1 rings (SSSR count). The molecule has 1 aromatic carbocycles. The third-order valence-electron chi connectivity index (χ3n) is 1.63. The molecule has 0 fully saturated rings. The van der Waals surface area contributed by atoms with Crippen molar-refractivity contribution in [3.05, 3.63) is 15.7 Å². The average molecular weight is 312 g/mol. The maximum Gasteiger partial charge on any atom is 0.228 e. The van der Waals surface area contributed by atoms with E-state index in [1.807, 2.05) is 0 Å². The van der Waals surface area contributed by atoms with E-state index in [4.69, 9.17) is 14.2 Å². The Morgan fingerprint density at radius 3 is 2.50 bits per heavy atom. The molecular formula is C9H10FIO3. The maximum absolute atomic E-state index is 12.0. The second-order valence-electron chi connectivity index (χ2n) is 2.39. The normalized spacial score (nSPS) is 9.71. The second-order valence-corrected chi connectivity index (χ2v) is 3.56. The highest BCUT2D eigenvalue weighted by Gasteiger charge is 2.11. The van der Waals surface area contributed by atoms with Crippen molar-refractivity contribution in [2.75, 3.05) is 21.1 Å². The van der Waals surface area contributed by atoms with Gasteiger partial charge in [0.05, 0.1) is 17.8 Å². The summed E-state index contributed by atoms with van der Waals surface area (Å²) in [5.74, 6) is 1.47. The minimum atomic E-state index is -0.889. The van der Waals surface area contributed by atoms with E-state index in [1.54, 1.807) is 12.1 Å². The zero-order valence-electron chi connectivity index (χ0n) is 7.84. The highest BCUT2D eigenvalue weighted by atomic mass is 127. The molecule has 0 spiro atoms. The van der Waals surface area contributed by atoms with Crippen LogP contribution in [0, 0.1) is 3.57 Å². The molecule has 0 atom stereocenters. The monoisotopic (exact) mass is 312 g/mol. The van der Waals surface area contributed by atoms with Gasteiger partial charge in [-0.1, -0.05) is 0 Å². The summed E-state index contributed by atoms with van der Waals surface area (Å²) in [4.78, 5) is 0. The Morgan fingerprint density at radius 1 is 1.29 bits per heavy atom. The molecule has 0 saturated carbocycles. The Bertz CT molecular complexity index is 317. The van der Waals surface area contributed by atoms with Crippen LogP contribution in [0.4, 0.5) is 4.39 Å². The zero-order valence-corrected chi connectivity index (χ0v) is 10.00. The molecule has 0 amide bonds. The number of alkyl halides is 1. The molecule has 0 radical (unpaired) electrons. The summed E-state index contributed by atoms with van der Waals surface area (Å²) in [6, 6.07) is 3.37. The summed E-state index contributed by atoms with van der Waals surface area (Å²) in [6.45, 7) is -0.889. The highest BCUT2D eigenvalue weighted by Crippen LogP contribution is 2.36. The predicted molar refractivity (Wildman–Crippen MR) is 58.9 cm³/mol. The second kappa shape index (κ2) is 5.23. The lowest BCUT2D eigenvalue weighted by Gasteiger charge is -2.11. The molecule has 1 aromatic rings. The summed E-state index contributed by atoms with van der Waals surface area (Å²) < 4.78 is 27.7. The van der Waals surface area contributed by atoms with Gasteiger partial charge in [-0.2, -0.15) is 0 Å². The van der Waals surface area contributed by atoms with Crippen LogP contribution < -0.4 is 14.2 Å². The Hall–Kier alpha value is -0.720. The molecule has 14 heavy (non-hydrogen) atoms. The molecule has 0 heterocycles. The number of hydrogen-bond acceptors (Lipinski definition) is 3. The molecule has 0 aliphatic carbocycles. The zero-order chi connectivity index (χ0) is 10.6. The maximum atomic E-state index is 12.0. The van der Waals surface area contributed by atoms with Crippen LogP contribution >= 0.6 is 22.6 Å². The molecule has 0 aliphatic rings. The number of methoxy groups -OCH3 is 2. The van der Waals surface area contributed by atoms with Gasteiger partial charge < -0.3 is 14.2 Å². The number of halogens is 2. The van der Waals surface area contributed by atoms with E-state index in [0.717, 1.165) is 3.57 Å². The van der Waals surface area contributed by atoms with Crippen molar-refractivity contribution in [3.63, 3.8) is 0 Å². The van der Waals surface area contributed by atoms with E-state index >= 15 is 0 Å². The molecule has 0 bridgehead atoms. The van der Waals surface area contributed by atoms with Crippen LogP contribution in [-0.2, 0) is 0 Å². The van der Waals surface area contributed by atoms with Gasteiger partial charge in [0, 0.05) is 6.07 Å². The SMILES string of the molecule is COc1cc(I)c(OC)c(OCF)c1. The van der Waals surface area contributed by atoms with E-state index in [-0.39, 0.29) is 0 Å². The van der Waals surface area contributed by atoms with Gasteiger partial charge in [-0.05, 0) is 28.7 Å². The predicted octanol–water partition coefficient (Wildman–Crippen LogP) is 2.61. The fraction of sp³-hybridized carbons (Fsp3) is 0.333. The van der Waals surface area contributed by atoms with Gasteiger partial charge in [0.2, 0.25) is 6.86 Å². The third-order valence-corrected chi connectivity index (χ3v) is 2.43. The molecule has 78 valence electrons. The summed E-state index contributed by atoms with van der Waals surface area (Å²) in [5.41, 5.74) is 0. The number of benzene rings is 1. The third kappa shape index (κ3) is 2.40. The first-order valence-corrected chi connectivity index (χ1v) is 4.91. The first kappa shape index (κ1) is 11.4. The molecule has 5 heteroatoms. The summed E-state index contributed by atoms with van der Waals surface area (Å²) in [5, 5.41) is 0. The van der Waals surface area contributed by atoms with Crippen LogP contribution in [0.25, 0.3) is 0 Å². The van der Waals surface area contributed by atoms with Crippen LogP contribution in [0.15, 0.2) is 12.1 Å². The van der Waals surface area contributed by atoms with Crippen molar-refractivity contribution in [2.45, 2.75) is 0 Å². The van der Waals surface area contributed by atoms with E-state index in [1.165, 1.54) is 14.2 Å². The summed E-state index contributed by atoms with van der Waals surface area (Å²) in [7, 11) is 3.05. The lowest BCUT2D eigenvalue weighted by Crippen LogP contribution is -1.97. The lowest BCUT2D eigenvalue weighted by atomic mass is 10.3. The van der Waals surface area contributed by atoms with Crippen LogP contribution in [0.1, 0.15) is 0 Å². The van der Waals surface area contributed by atoms with Gasteiger partial charge in [0.25, 0.3) is 0 Å². The fourth-order valence-corrected chi connectivity index (χ4v) is 1.82. The smallest absolute Gasteiger partial charge is 0.228 e. The Morgan fingerprint density at radius 2 is 2.00 bits per heavy atom. The molecular weight excluding hydrogens is 302 g/mol. The lowest BCUT2D eigenvalue weighted by molar-refractivity contribution is 0.183. The molecule has 0 aliphatic heterocycles. The molecule has 0 aromatic heterocycles. The Balaban J connectivity index is 3.13. The van der Waals surface area contributed by atoms with Crippen molar-refractivity contribution in [2.24, 2.45) is 0 Å². The topological polar surface area (TPSA) is 27.7 Å². The van der Waals surface area contributed by atoms with Crippen LogP contribution in [0.2, 0.25) is 0 Å². The number of ether oxygens (including phenoxy) is 3. The van der Waals surface area contributed by atoms with Crippen LogP contribution in [0.3, 0.4) is 0 Å². The van der Waals surface area contributed by atoms with E-state index in [0.29, 0.717) is 17.2 Å². The van der Waals surface area contributed by atoms with Crippen molar-refractivity contribution < 1.29 is 18.6 Å². The molecule has 3 nitrogen and oxygen atoms in total. The van der Waals surface area contributed by atoms with Crippen molar-refractivity contribution >= 4 is 22.6 Å². The van der Waals surface area contributed by atoms with Gasteiger partial charge >= 0.3 is 0 Å². The minimum absolute atomic E-state index is 0.346. The largest absolute Gasteiger partial charge is 0.497 e. The van der Waals surface area contributed by atoms with E-state index in [2.05, 4.69) is 22.6 Å². The van der Waals surface area contributed by atoms with E-state index < -0.39 is 6.86 Å². The standard InChI is InChI=1S/C9H10FIO3/c1-12-6-3-7(11)9(13-2)8(4-6)14-5-10/h3-4H,5H2,1-2H3. The van der Waals surface area contributed by atoms with Crippen LogP contribution in [0.5, 0.6) is 17.2 Å². The van der Waals surface area contributed by atoms with Gasteiger partial charge in [-0.15, -0.1) is 0 Å². The summed E-state index contributed by atoms with van der Waals surface area (Å²) in [6.07, 6.45) is 0. The van der Waals surface area contributed by atoms with Gasteiger partial charge in [-0.3, -0.25) is 0 Å². The van der Waals surface area contributed by atoms with E-state index in [9.17, 15) is 4.39 Å². The number of rotatable bonds is 4. The summed E-state index contributed by atoms with van der Waals surface area (Å²) >= 11 is 2.07. The highest BCUT2D eigenvalue weighted by molar-refractivity contribution is 14.1. The Kier molecular flexibility index (Phi) is 4.24. The molecule has 0 unspecified atom stereocenters. The van der Waals surface area contributed by atoms with Gasteiger partial charge in [-0.25, -0.2) is 4.39 Å². The van der Waals surface area contributed by atoms with Crippen molar-refractivity contribution in [1.82, 2.24) is 0 Å². The first-order valence-electron chi connectivity index (χ1n) is 3.83. The Labute approximate surface area is 95.3 Å². The number of hydrogen-bond donors (Lipinski definition) is 0. The van der Waals surface area contributed by atoms with Gasteiger partial charge in [0.15, 0.2) is 11.5 Å². The molecule has 0 saturated heterocycles.